The molecule has 0 unspecified atom stereocenters. The molecule has 1 heterocycles. The number of nitrogens with zero attached hydrogens (tertiary/aromatic N) is 2. The molecular formula is C16H20N4S. The number of hydrogen-bond acceptors (Lipinski definition) is 3. The molecule has 0 saturated carbocycles. The van der Waals surface area contributed by atoms with Gasteiger partial charge in [-0.2, -0.15) is 0 Å². The van der Waals surface area contributed by atoms with E-state index >= 15 is 0 Å². The minimum Gasteiger partial charge on any atom is -0.353 e. The second-order valence-electron chi connectivity index (χ2n) is 4.49. The minimum absolute atomic E-state index is 0.691. The molecule has 0 saturated heterocycles. The molecule has 1 aromatic heterocycles. The second-order valence-corrected chi connectivity index (χ2v) is 5.57. The van der Waals surface area contributed by atoms with Crippen LogP contribution in [0.2, 0.25) is 0 Å². The zero-order valence-electron chi connectivity index (χ0n) is 12.4. The molecule has 0 aliphatic heterocycles. The van der Waals surface area contributed by atoms with Crippen LogP contribution in [0.1, 0.15) is 10.6 Å². The van der Waals surface area contributed by atoms with Crippen molar-refractivity contribution in [2.45, 2.75) is 13.5 Å². The van der Waals surface area contributed by atoms with Crippen LogP contribution < -0.4 is 10.6 Å². The summed E-state index contributed by atoms with van der Waals surface area (Å²) in [5, 5.41) is 7.49. The van der Waals surface area contributed by atoms with Gasteiger partial charge in [-0.25, -0.2) is 4.98 Å². The second kappa shape index (κ2) is 7.59. The van der Waals surface area contributed by atoms with E-state index in [1.807, 2.05) is 25.1 Å². The highest BCUT2D eigenvalue weighted by molar-refractivity contribution is 7.15. The van der Waals surface area contributed by atoms with Crippen LogP contribution in [-0.4, -0.2) is 24.5 Å². The van der Waals surface area contributed by atoms with E-state index < -0.39 is 0 Å². The molecule has 0 atom stereocenters. The Kier molecular flexibility index (Phi) is 5.51. The standard InChI is InChI=1S/C16H20N4S/c1-4-10-18-16(17-3)19-11-14-12(2)20-15(21-14)13-8-6-5-7-9-13/h4-9H,1,10-11H2,2-3H3,(H2,17,18,19). The first-order chi connectivity index (χ1) is 10.2. The molecule has 2 rings (SSSR count). The van der Waals surface area contributed by atoms with Crippen LogP contribution in [0.3, 0.4) is 0 Å². The Hall–Kier alpha value is -2.14. The monoisotopic (exact) mass is 300 g/mol. The maximum atomic E-state index is 4.65. The van der Waals surface area contributed by atoms with Crippen LogP contribution in [-0.2, 0) is 6.54 Å². The Bertz CT molecular complexity index is 616. The van der Waals surface area contributed by atoms with Crippen molar-refractivity contribution >= 4 is 17.3 Å². The van der Waals surface area contributed by atoms with Crippen LogP contribution in [0.4, 0.5) is 0 Å². The molecule has 5 heteroatoms. The fraction of sp³-hybridized carbons (Fsp3) is 0.250. The summed E-state index contributed by atoms with van der Waals surface area (Å²) in [6, 6.07) is 10.2. The lowest BCUT2D eigenvalue weighted by atomic mass is 10.2. The number of rotatable bonds is 5. The molecule has 21 heavy (non-hydrogen) atoms. The van der Waals surface area contributed by atoms with E-state index in [2.05, 4.69) is 39.3 Å². The number of aryl methyl sites for hydroxylation is 1. The van der Waals surface area contributed by atoms with Gasteiger partial charge in [0.05, 0.1) is 12.2 Å². The summed E-state index contributed by atoms with van der Waals surface area (Å²) in [5.74, 6) is 0.768. The Balaban J connectivity index is 2.05. The molecule has 0 spiro atoms. The molecule has 0 radical (unpaired) electrons. The topological polar surface area (TPSA) is 49.3 Å². The number of nitrogens with one attached hydrogen (secondary N) is 2. The van der Waals surface area contributed by atoms with Gasteiger partial charge < -0.3 is 10.6 Å². The molecule has 1 aromatic carbocycles. The van der Waals surface area contributed by atoms with Gasteiger partial charge in [-0.3, -0.25) is 4.99 Å². The van der Waals surface area contributed by atoms with Gasteiger partial charge in [-0.05, 0) is 6.92 Å². The highest BCUT2D eigenvalue weighted by Gasteiger charge is 2.09. The summed E-state index contributed by atoms with van der Waals surface area (Å²) in [4.78, 5) is 10.0. The zero-order valence-corrected chi connectivity index (χ0v) is 13.2. The van der Waals surface area contributed by atoms with Crippen molar-refractivity contribution in [1.82, 2.24) is 15.6 Å². The van der Waals surface area contributed by atoms with Crippen molar-refractivity contribution in [2.75, 3.05) is 13.6 Å². The first kappa shape index (κ1) is 15.3. The maximum Gasteiger partial charge on any atom is 0.191 e. The Morgan fingerprint density at radius 3 is 2.76 bits per heavy atom. The SMILES string of the molecule is C=CCNC(=NC)NCc1sc(-c2ccccc2)nc1C. The van der Waals surface area contributed by atoms with E-state index in [4.69, 9.17) is 0 Å². The summed E-state index contributed by atoms with van der Waals surface area (Å²) in [5.41, 5.74) is 2.22. The van der Waals surface area contributed by atoms with Gasteiger partial charge in [0, 0.05) is 24.0 Å². The highest BCUT2D eigenvalue weighted by atomic mass is 32.1. The van der Waals surface area contributed by atoms with Gasteiger partial charge in [-0.1, -0.05) is 36.4 Å². The van der Waals surface area contributed by atoms with Crippen LogP contribution in [0, 0.1) is 6.92 Å². The first-order valence-electron chi connectivity index (χ1n) is 6.81. The zero-order chi connectivity index (χ0) is 15.1. The molecule has 2 N–H and O–H groups in total. The number of aromatic nitrogens is 1. The van der Waals surface area contributed by atoms with Gasteiger partial charge in [0.25, 0.3) is 0 Å². The van der Waals surface area contributed by atoms with Crippen LogP contribution in [0.25, 0.3) is 10.6 Å². The summed E-state index contributed by atoms with van der Waals surface area (Å²) in [6.45, 7) is 7.13. The fourth-order valence-corrected chi connectivity index (χ4v) is 2.86. The predicted octanol–water partition coefficient (Wildman–Crippen LogP) is 2.97. The number of aliphatic imine (C=N–C) groups is 1. The molecule has 4 nitrogen and oxygen atoms in total. The van der Waals surface area contributed by atoms with Crippen molar-refractivity contribution in [3.63, 3.8) is 0 Å². The van der Waals surface area contributed by atoms with Gasteiger partial charge in [0.1, 0.15) is 5.01 Å². The molecule has 0 aliphatic rings. The van der Waals surface area contributed by atoms with E-state index in [-0.39, 0.29) is 0 Å². The number of guanidine groups is 1. The van der Waals surface area contributed by atoms with Crippen molar-refractivity contribution in [3.05, 3.63) is 53.6 Å². The molecule has 0 aliphatic carbocycles. The van der Waals surface area contributed by atoms with Crippen LogP contribution in [0.15, 0.2) is 48.0 Å². The first-order valence-corrected chi connectivity index (χ1v) is 7.63. The summed E-state index contributed by atoms with van der Waals surface area (Å²) in [7, 11) is 1.76. The fourth-order valence-electron chi connectivity index (χ4n) is 1.85. The summed E-state index contributed by atoms with van der Waals surface area (Å²) >= 11 is 1.71. The number of benzene rings is 1. The van der Waals surface area contributed by atoms with Gasteiger partial charge >= 0.3 is 0 Å². The predicted molar refractivity (Wildman–Crippen MR) is 90.7 cm³/mol. The van der Waals surface area contributed by atoms with Crippen LogP contribution >= 0.6 is 11.3 Å². The maximum absolute atomic E-state index is 4.65. The van der Waals surface area contributed by atoms with Gasteiger partial charge in [-0.15, -0.1) is 17.9 Å². The average molecular weight is 300 g/mol. The van der Waals surface area contributed by atoms with Crippen molar-refractivity contribution in [2.24, 2.45) is 4.99 Å². The number of thiazole rings is 1. The average Bonchev–Trinajstić information content (AvgIpc) is 2.90. The van der Waals surface area contributed by atoms with Crippen LogP contribution in [0.5, 0.6) is 0 Å². The van der Waals surface area contributed by atoms with Crippen molar-refractivity contribution in [1.29, 1.82) is 0 Å². The third-order valence-electron chi connectivity index (χ3n) is 2.97. The van der Waals surface area contributed by atoms with E-state index in [0.29, 0.717) is 13.1 Å². The van der Waals surface area contributed by atoms with Crippen molar-refractivity contribution in [3.8, 4) is 10.6 Å². The Morgan fingerprint density at radius 2 is 2.10 bits per heavy atom. The Labute approximate surface area is 129 Å². The quantitative estimate of drug-likeness (QED) is 0.507. The largest absolute Gasteiger partial charge is 0.353 e. The van der Waals surface area contributed by atoms with E-state index in [9.17, 15) is 0 Å². The van der Waals surface area contributed by atoms with E-state index in [0.717, 1.165) is 22.2 Å². The molecule has 0 amide bonds. The third kappa shape index (κ3) is 4.16. The highest BCUT2D eigenvalue weighted by Crippen LogP contribution is 2.27. The lowest BCUT2D eigenvalue weighted by Crippen LogP contribution is -2.36. The lowest BCUT2D eigenvalue weighted by molar-refractivity contribution is 0.851. The molecule has 0 fully saturated rings. The Morgan fingerprint density at radius 1 is 1.33 bits per heavy atom. The minimum atomic E-state index is 0.691. The molecule has 0 bridgehead atoms. The van der Waals surface area contributed by atoms with E-state index in [1.165, 1.54) is 4.88 Å². The molecule has 110 valence electrons. The lowest BCUT2D eigenvalue weighted by Gasteiger charge is -2.09. The summed E-state index contributed by atoms with van der Waals surface area (Å²) < 4.78 is 0. The van der Waals surface area contributed by atoms with Gasteiger partial charge in [0.2, 0.25) is 0 Å². The smallest absolute Gasteiger partial charge is 0.191 e. The summed E-state index contributed by atoms with van der Waals surface area (Å²) in [6.07, 6.45) is 1.80. The normalized spacial score (nSPS) is 11.2. The molecular weight excluding hydrogens is 280 g/mol. The van der Waals surface area contributed by atoms with Crippen molar-refractivity contribution < 1.29 is 0 Å². The van der Waals surface area contributed by atoms with Gasteiger partial charge in [0.15, 0.2) is 5.96 Å². The van der Waals surface area contributed by atoms with E-state index in [1.54, 1.807) is 24.5 Å². The third-order valence-corrected chi connectivity index (χ3v) is 4.17. The molecule has 2 aromatic rings. The number of hydrogen-bond donors (Lipinski definition) is 2.